The van der Waals surface area contributed by atoms with Crippen LogP contribution in [0.25, 0.3) is 0 Å². The van der Waals surface area contributed by atoms with E-state index in [2.05, 4.69) is 0 Å². The number of halogens is 1. The summed E-state index contributed by atoms with van der Waals surface area (Å²) in [5.74, 6) is 0. The lowest BCUT2D eigenvalue weighted by atomic mass is 9.94. The summed E-state index contributed by atoms with van der Waals surface area (Å²) in [6, 6.07) is 0. The van der Waals surface area contributed by atoms with Crippen LogP contribution in [0.15, 0.2) is 0 Å². The summed E-state index contributed by atoms with van der Waals surface area (Å²) in [6.45, 7) is 0.725. The van der Waals surface area contributed by atoms with Gasteiger partial charge in [0.15, 0.2) is 0 Å². The lowest BCUT2D eigenvalue weighted by molar-refractivity contribution is -0.0208. The van der Waals surface area contributed by atoms with E-state index in [4.69, 9.17) is 16.2 Å². The molecule has 1 atom stereocenters. The fraction of sp³-hybridized carbons (Fsp3) is 1.00. The van der Waals surface area contributed by atoms with Crippen LogP contribution in [0.5, 0.6) is 0 Å². The molecule has 1 heterocycles. The van der Waals surface area contributed by atoms with Gasteiger partial charge in [0.25, 0.3) is 0 Å². The van der Waals surface area contributed by atoms with Crippen LogP contribution in [-0.2, 0) is 4.74 Å². The van der Waals surface area contributed by atoms with Crippen molar-refractivity contribution in [1.29, 1.82) is 0 Å². The number of nitrogens with two attached hydrogens (primary N) is 2. The van der Waals surface area contributed by atoms with E-state index >= 15 is 0 Å². The molecule has 0 spiro atoms. The summed E-state index contributed by atoms with van der Waals surface area (Å²) in [4.78, 5) is 0. The van der Waals surface area contributed by atoms with Gasteiger partial charge in [0.2, 0.25) is 0 Å². The Morgan fingerprint density at radius 3 is 2.46 bits per heavy atom. The second-order valence-corrected chi connectivity index (χ2v) is 3.75. The summed E-state index contributed by atoms with van der Waals surface area (Å²) in [5.41, 5.74) is 9.22. The molecule has 0 aromatic rings. The number of alkyl halides is 1. The Morgan fingerprint density at radius 1 is 1.31 bits per heavy atom. The van der Waals surface area contributed by atoms with Gasteiger partial charge in [-0.3, -0.25) is 0 Å². The lowest BCUT2D eigenvalue weighted by Crippen LogP contribution is -2.44. The van der Waals surface area contributed by atoms with E-state index in [-0.39, 0.29) is 19.2 Å². The summed E-state index contributed by atoms with van der Waals surface area (Å²) in [7, 11) is 0. The molecular formula is C9H19FN2O. The van der Waals surface area contributed by atoms with Gasteiger partial charge < -0.3 is 16.2 Å². The zero-order valence-corrected chi connectivity index (χ0v) is 7.97. The van der Waals surface area contributed by atoms with Crippen LogP contribution in [0, 0.1) is 0 Å². The molecule has 78 valence electrons. The van der Waals surface area contributed by atoms with E-state index in [0.717, 1.165) is 25.9 Å². The molecule has 1 saturated heterocycles. The topological polar surface area (TPSA) is 61.3 Å². The summed E-state index contributed by atoms with van der Waals surface area (Å²) < 4.78 is 19.1. The van der Waals surface area contributed by atoms with Crippen LogP contribution in [0.2, 0.25) is 0 Å². The number of rotatable bonds is 4. The van der Waals surface area contributed by atoms with Crippen molar-refractivity contribution in [3.8, 4) is 0 Å². The quantitative estimate of drug-likeness (QED) is 0.681. The standard InChI is InChI=1S/C9H19FN2O/c10-9(6-11,7-12)5-8-3-1-2-4-13-8/h8H,1-7,11-12H2/t8-/m0/s1. The Hall–Kier alpha value is -0.190. The first kappa shape index (κ1) is 10.9. The van der Waals surface area contributed by atoms with E-state index in [1.165, 1.54) is 0 Å². The van der Waals surface area contributed by atoms with Crippen LogP contribution < -0.4 is 11.5 Å². The number of ether oxygens (including phenoxy) is 1. The van der Waals surface area contributed by atoms with Crippen LogP contribution in [0.1, 0.15) is 25.7 Å². The molecule has 1 aliphatic heterocycles. The maximum atomic E-state index is 13.7. The Labute approximate surface area is 78.6 Å². The molecule has 0 saturated carbocycles. The Balaban J connectivity index is 2.35. The second kappa shape index (κ2) is 4.88. The van der Waals surface area contributed by atoms with Crippen molar-refractivity contribution in [2.75, 3.05) is 19.7 Å². The van der Waals surface area contributed by atoms with Crippen molar-refractivity contribution < 1.29 is 9.13 Å². The first-order valence-corrected chi connectivity index (χ1v) is 4.91. The molecule has 4 N–H and O–H groups in total. The van der Waals surface area contributed by atoms with E-state index in [0.29, 0.717) is 6.42 Å². The third-order valence-electron chi connectivity index (χ3n) is 2.60. The molecule has 0 aromatic heterocycles. The van der Waals surface area contributed by atoms with Gasteiger partial charge in [0, 0.05) is 26.1 Å². The smallest absolute Gasteiger partial charge is 0.137 e. The van der Waals surface area contributed by atoms with Gasteiger partial charge in [-0.15, -0.1) is 0 Å². The van der Waals surface area contributed by atoms with Crippen molar-refractivity contribution in [2.24, 2.45) is 11.5 Å². The summed E-state index contributed by atoms with van der Waals surface area (Å²) in [6.07, 6.45) is 3.51. The van der Waals surface area contributed by atoms with Gasteiger partial charge in [-0.25, -0.2) is 4.39 Å². The third kappa shape index (κ3) is 3.21. The highest BCUT2D eigenvalue weighted by molar-refractivity contribution is 4.85. The summed E-state index contributed by atoms with van der Waals surface area (Å²) in [5, 5.41) is 0. The average molecular weight is 190 g/mol. The number of hydrogen-bond acceptors (Lipinski definition) is 3. The zero-order chi connectivity index (χ0) is 9.73. The van der Waals surface area contributed by atoms with Gasteiger partial charge in [-0.2, -0.15) is 0 Å². The average Bonchev–Trinajstić information content (AvgIpc) is 2.19. The molecule has 1 aliphatic rings. The fourth-order valence-electron chi connectivity index (χ4n) is 1.63. The third-order valence-corrected chi connectivity index (χ3v) is 2.60. The predicted octanol–water partition coefficient (Wildman–Crippen LogP) is 0.571. The molecule has 4 heteroatoms. The van der Waals surface area contributed by atoms with E-state index < -0.39 is 5.67 Å². The highest BCUT2D eigenvalue weighted by Gasteiger charge is 2.31. The maximum absolute atomic E-state index is 13.7. The number of hydrogen-bond donors (Lipinski definition) is 2. The Bertz CT molecular complexity index is 145. The molecular weight excluding hydrogens is 171 g/mol. The Morgan fingerprint density at radius 2 is 2.00 bits per heavy atom. The van der Waals surface area contributed by atoms with Crippen molar-refractivity contribution in [2.45, 2.75) is 37.5 Å². The predicted molar refractivity (Wildman–Crippen MR) is 50.2 cm³/mol. The van der Waals surface area contributed by atoms with Crippen LogP contribution in [0.3, 0.4) is 0 Å². The fourth-order valence-corrected chi connectivity index (χ4v) is 1.63. The molecule has 0 aliphatic carbocycles. The van der Waals surface area contributed by atoms with Crippen molar-refractivity contribution in [1.82, 2.24) is 0 Å². The van der Waals surface area contributed by atoms with E-state index in [9.17, 15) is 4.39 Å². The minimum absolute atomic E-state index is 0.0106. The molecule has 0 amide bonds. The molecule has 0 aromatic carbocycles. The minimum Gasteiger partial charge on any atom is -0.378 e. The maximum Gasteiger partial charge on any atom is 0.137 e. The second-order valence-electron chi connectivity index (χ2n) is 3.75. The molecule has 0 bridgehead atoms. The van der Waals surface area contributed by atoms with Crippen LogP contribution in [0.4, 0.5) is 4.39 Å². The van der Waals surface area contributed by atoms with Gasteiger partial charge in [0.05, 0.1) is 6.10 Å². The normalized spacial score (nSPS) is 24.7. The monoisotopic (exact) mass is 190 g/mol. The molecule has 1 rings (SSSR count). The molecule has 0 radical (unpaired) electrons. The van der Waals surface area contributed by atoms with E-state index in [1.807, 2.05) is 0 Å². The lowest BCUT2D eigenvalue weighted by Gasteiger charge is -2.29. The van der Waals surface area contributed by atoms with Gasteiger partial charge in [-0.05, 0) is 19.3 Å². The van der Waals surface area contributed by atoms with Crippen molar-refractivity contribution >= 4 is 0 Å². The Kier molecular flexibility index (Phi) is 4.09. The molecule has 1 fully saturated rings. The first-order valence-electron chi connectivity index (χ1n) is 4.91. The van der Waals surface area contributed by atoms with E-state index in [1.54, 1.807) is 0 Å². The minimum atomic E-state index is -1.43. The van der Waals surface area contributed by atoms with Gasteiger partial charge in [0.1, 0.15) is 5.67 Å². The van der Waals surface area contributed by atoms with Crippen molar-refractivity contribution in [3.05, 3.63) is 0 Å². The van der Waals surface area contributed by atoms with Crippen LogP contribution >= 0.6 is 0 Å². The molecule has 13 heavy (non-hydrogen) atoms. The van der Waals surface area contributed by atoms with Gasteiger partial charge >= 0.3 is 0 Å². The van der Waals surface area contributed by atoms with Crippen molar-refractivity contribution in [3.63, 3.8) is 0 Å². The first-order chi connectivity index (χ1) is 6.20. The largest absolute Gasteiger partial charge is 0.378 e. The SMILES string of the molecule is NCC(F)(CN)C[C@@H]1CCCCO1. The highest BCUT2D eigenvalue weighted by Crippen LogP contribution is 2.23. The highest BCUT2D eigenvalue weighted by atomic mass is 19.1. The molecule has 3 nitrogen and oxygen atoms in total. The molecule has 0 unspecified atom stereocenters. The van der Waals surface area contributed by atoms with Gasteiger partial charge in [-0.1, -0.05) is 0 Å². The zero-order valence-electron chi connectivity index (χ0n) is 7.97. The summed E-state index contributed by atoms with van der Waals surface area (Å²) >= 11 is 0. The van der Waals surface area contributed by atoms with Crippen LogP contribution in [-0.4, -0.2) is 31.5 Å².